The fraction of sp³-hybridized carbons (Fsp3) is 0.406. The summed E-state index contributed by atoms with van der Waals surface area (Å²) in [6, 6.07) is 12.4. The standard InChI is InChI=1S/C32H32ClF3N4O2/c33-26-3-1-2-25(32(34,35)36)28(26)29(41)38-27-7-6-21-4-5-22(20-24(21)27)30(42)40-18-12-31(13-19-40)10-16-39(17-11-31)23-8-14-37-15-9-23/h1-5,8-9,14-15,20,27H,6-7,10-13,16-19H2,(H,38,41). The number of rotatable bonds is 4. The van der Waals surface area contributed by atoms with E-state index < -0.39 is 29.3 Å². The Morgan fingerprint density at radius 2 is 1.64 bits per heavy atom. The fourth-order valence-corrected chi connectivity index (χ4v) is 7.03. The van der Waals surface area contributed by atoms with Gasteiger partial charge in [0, 0.05) is 49.8 Å². The molecule has 2 aromatic carbocycles. The molecule has 1 aromatic heterocycles. The van der Waals surface area contributed by atoms with Gasteiger partial charge in [-0.1, -0.05) is 23.7 Å². The van der Waals surface area contributed by atoms with Crippen molar-refractivity contribution < 1.29 is 22.8 Å². The number of benzene rings is 2. The molecule has 6 rings (SSSR count). The van der Waals surface area contributed by atoms with E-state index in [9.17, 15) is 22.8 Å². The highest BCUT2D eigenvalue weighted by Gasteiger charge is 2.40. The SMILES string of the molecule is O=C(NC1CCc2ccc(C(=O)N3CCC4(CC3)CCN(c3ccncc3)CC4)cc21)c1c(Cl)cccc1C(F)(F)F. The zero-order chi connectivity index (χ0) is 29.5. The summed E-state index contributed by atoms with van der Waals surface area (Å²) < 4.78 is 40.7. The quantitative estimate of drug-likeness (QED) is 0.364. The topological polar surface area (TPSA) is 65.5 Å². The first-order valence-corrected chi connectivity index (χ1v) is 14.8. The number of aromatic nitrogens is 1. The van der Waals surface area contributed by atoms with Crippen molar-refractivity contribution >= 4 is 29.1 Å². The van der Waals surface area contributed by atoms with Crippen LogP contribution >= 0.6 is 11.6 Å². The van der Waals surface area contributed by atoms with Crippen molar-refractivity contribution in [1.82, 2.24) is 15.2 Å². The molecule has 1 spiro atoms. The maximum absolute atomic E-state index is 13.6. The maximum atomic E-state index is 13.6. The molecule has 220 valence electrons. The molecule has 3 aliphatic rings. The van der Waals surface area contributed by atoms with Gasteiger partial charge in [0.25, 0.3) is 11.8 Å². The van der Waals surface area contributed by atoms with E-state index in [1.165, 1.54) is 17.8 Å². The lowest BCUT2D eigenvalue weighted by atomic mass is 9.71. The van der Waals surface area contributed by atoms with E-state index in [1.807, 2.05) is 41.6 Å². The van der Waals surface area contributed by atoms with Gasteiger partial charge >= 0.3 is 6.18 Å². The Morgan fingerprint density at radius 3 is 2.33 bits per heavy atom. The Labute approximate surface area is 247 Å². The van der Waals surface area contributed by atoms with Crippen LogP contribution in [0.1, 0.15) is 75.6 Å². The number of carbonyl (C=O) groups excluding carboxylic acids is 2. The Balaban J connectivity index is 1.10. The number of anilines is 1. The van der Waals surface area contributed by atoms with E-state index in [-0.39, 0.29) is 16.3 Å². The molecule has 3 heterocycles. The number of hydrogen-bond donors (Lipinski definition) is 1. The minimum atomic E-state index is -4.71. The Hall–Kier alpha value is -3.59. The van der Waals surface area contributed by atoms with Crippen molar-refractivity contribution in [2.45, 2.75) is 50.7 Å². The number of likely N-dealkylation sites (tertiary alicyclic amines) is 1. The number of pyridine rings is 1. The van der Waals surface area contributed by atoms with Crippen molar-refractivity contribution in [1.29, 1.82) is 0 Å². The first kappa shape index (κ1) is 28.5. The number of halogens is 4. The second-order valence-corrected chi connectivity index (χ2v) is 12.0. The molecule has 10 heteroatoms. The molecule has 3 aromatic rings. The third-order valence-corrected chi connectivity index (χ3v) is 9.60. The molecule has 1 N–H and O–H groups in total. The molecule has 2 saturated heterocycles. The molecule has 1 aliphatic carbocycles. The molecule has 2 fully saturated rings. The van der Waals surface area contributed by atoms with Gasteiger partial charge in [-0.2, -0.15) is 13.2 Å². The van der Waals surface area contributed by atoms with Crippen molar-refractivity contribution in [3.63, 3.8) is 0 Å². The van der Waals surface area contributed by atoms with E-state index in [0.29, 0.717) is 31.5 Å². The summed E-state index contributed by atoms with van der Waals surface area (Å²) in [5.41, 5.74) is 2.08. The zero-order valence-corrected chi connectivity index (χ0v) is 23.8. The Kier molecular flexibility index (Phi) is 7.64. The minimum absolute atomic E-state index is 0.0516. The summed E-state index contributed by atoms with van der Waals surface area (Å²) in [7, 11) is 0. The smallest absolute Gasteiger partial charge is 0.371 e. The van der Waals surface area contributed by atoms with Gasteiger partial charge in [0.2, 0.25) is 0 Å². The zero-order valence-electron chi connectivity index (χ0n) is 23.1. The molecule has 2 amide bonds. The van der Waals surface area contributed by atoms with Gasteiger partial charge < -0.3 is 15.1 Å². The maximum Gasteiger partial charge on any atom is 0.417 e. The number of nitrogens with zero attached hydrogens (tertiary/aromatic N) is 3. The van der Waals surface area contributed by atoms with Gasteiger partial charge in [-0.05, 0) is 91.5 Å². The highest BCUT2D eigenvalue weighted by molar-refractivity contribution is 6.34. The molecule has 1 unspecified atom stereocenters. The lowest BCUT2D eigenvalue weighted by molar-refractivity contribution is -0.137. The Morgan fingerprint density at radius 1 is 0.952 bits per heavy atom. The van der Waals surface area contributed by atoms with Gasteiger partial charge in [0.1, 0.15) is 0 Å². The van der Waals surface area contributed by atoms with Crippen LogP contribution in [0.25, 0.3) is 0 Å². The summed E-state index contributed by atoms with van der Waals surface area (Å²) in [6.45, 7) is 3.37. The number of hydrogen-bond acceptors (Lipinski definition) is 4. The second kappa shape index (κ2) is 11.2. The number of nitrogens with one attached hydrogen (secondary N) is 1. The lowest BCUT2D eigenvalue weighted by Gasteiger charge is -2.47. The predicted octanol–water partition coefficient (Wildman–Crippen LogP) is 6.69. The summed E-state index contributed by atoms with van der Waals surface area (Å²) in [6.07, 6.45) is 4.24. The van der Waals surface area contributed by atoms with E-state index >= 15 is 0 Å². The largest absolute Gasteiger partial charge is 0.417 e. The van der Waals surface area contributed by atoms with Crippen LogP contribution in [0.15, 0.2) is 60.9 Å². The van der Waals surface area contributed by atoms with E-state index in [4.69, 9.17) is 11.6 Å². The van der Waals surface area contributed by atoms with Crippen LogP contribution in [0, 0.1) is 5.41 Å². The first-order valence-electron chi connectivity index (χ1n) is 14.4. The van der Waals surface area contributed by atoms with Gasteiger partial charge in [-0.15, -0.1) is 0 Å². The number of carbonyl (C=O) groups is 2. The van der Waals surface area contributed by atoms with Crippen LogP contribution in [0.4, 0.5) is 18.9 Å². The minimum Gasteiger partial charge on any atom is -0.371 e. The average molecular weight is 597 g/mol. The number of aryl methyl sites for hydroxylation is 1. The normalized spacial score (nSPS) is 20.0. The van der Waals surface area contributed by atoms with Crippen molar-refractivity contribution in [3.05, 3.63) is 93.8 Å². The fourth-order valence-electron chi connectivity index (χ4n) is 6.77. The van der Waals surface area contributed by atoms with Crippen LogP contribution < -0.4 is 10.2 Å². The molecule has 1 atom stereocenters. The molecule has 2 aliphatic heterocycles. The van der Waals surface area contributed by atoms with Gasteiger partial charge in [-0.3, -0.25) is 14.6 Å². The number of piperidine rings is 2. The molecular formula is C32H32ClF3N4O2. The number of alkyl halides is 3. The van der Waals surface area contributed by atoms with Crippen LogP contribution in [0.5, 0.6) is 0 Å². The molecule has 0 bridgehead atoms. The third kappa shape index (κ3) is 5.59. The van der Waals surface area contributed by atoms with E-state index in [1.54, 1.807) is 6.07 Å². The van der Waals surface area contributed by atoms with Crippen LogP contribution in [0.2, 0.25) is 5.02 Å². The van der Waals surface area contributed by atoms with E-state index in [2.05, 4.69) is 15.2 Å². The highest BCUT2D eigenvalue weighted by Crippen LogP contribution is 2.43. The molecule has 6 nitrogen and oxygen atoms in total. The summed E-state index contributed by atoms with van der Waals surface area (Å²) >= 11 is 6.04. The molecular weight excluding hydrogens is 565 g/mol. The molecule has 0 saturated carbocycles. The van der Waals surface area contributed by atoms with Crippen molar-refractivity contribution in [3.8, 4) is 0 Å². The predicted molar refractivity (Wildman–Crippen MR) is 155 cm³/mol. The number of amides is 2. The van der Waals surface area contributed by atoms with Gasteiger partial charge in [0.15, 0.2) is 0 Å². The van der Waals surface area contributed by atoms with Crippen molar-refractivity contribution in [2.24, 2.45) is 5.41 Å². The average Bonchev–Trinajstić information content (AvgIpc) is 3.39. The molecule has 0 radical (unpaired) electrons. The summed E-state index contributed by atoms with van der Waals surface area (Å²) in [4.78, 5) is 35.0. The Bertz CT molecular complexity index is 1480. The monoisotopic (exact) mass is 596 g/mol. The lowest BCUT2D eigenvalue weighted by Crippen LogP contribution is -2.48. The van der Waals surface area contributed by atoms with Crippen molar-refractivity contribution in [2.75, 3.05) is 31.1 Å². The van der Waals surface area contributed by atoms with Crippen LogP contribution in [-0.2, 0) is 12.6 Å². The number of fused-ring (bicyclic) bond motifs is 1. The second-order valence-electron chi connectivity index (χ2n) is 11.6. The summed E-state index contributed by atoms with van der Waals surface area (Å²) in [5.74, 6) is -0.928. The molecule has 42 heavy (non-hydrogen) atoms. The van der Waals surface area contributed by atoms with Gasteiger partial charge in [-0.25, -0.2) is 0 Å². The van der Waals surface area contributed by atoms with Crippen LogP contribution in [-0.4, -0.2) is 47.9 Å². The third-order valence-electron chi connectivity index (χ3n) is 9.29. The highest BCUT2D eigenvalue weighted by atomic mass is 35.5. The van der Waals surface area contributed by atoms with Gasteiger partial charge in [0.05, 0.1) is 22.2 Å². The van der Waals surface area contributed by atoms with Crippen LogP contribution in [0.3, 0.4) is 0 Å². The summed E-state index contributed by atoms with van der Waals surface area (Å²) in [5, 5.41) is 2.49. The van der Waals surface area contributed by atoms with E-state index in [0.717, 1.165) is 56.0 Å². The first-order chi connectivity index (χ1) is 20.1.